The van der Waals surface area contributed by atoms with Crippen LogP contribution in [0.1, 0.15) is 30.3 Å². The van der Waals surface area contributed by atoms with Crippen molar-refractivity contribution in [3.05, 3.63) is 29.7 Å². The third-order valence-corrected chi connectivity index (χ3v) is 3.51. The van der Waals surface area contributed by atoms with Crippen LogP contribution < -0.4 is 10.6 Å². The monoisotopic (exact) mass is 272 g/mol. The predicted molar refractivity (Wildman–Crippen MR) is 74.1 cm³/mol. The van der Waals surface area contributed by atoms with Gasteiger partial charge in [-0.1, -0.05) is 17.3 Å². The fourth-order valence-corrected chi connectivity index (χ4v) is 2.37. The SMILES string of the molecule is Cc1ccc(-c2noc(C3CCCN3)n2)cc1NC=O. The number of aromatic nitrogens is 2. The molecule has 1 amide bonds. The summed E-state index contributed by atoms with van der Waals surface area (Å²) in [6, 6.07) is 5.85. The Morgan fingerprint density at radius 3 is 3.15 bits per heavy atom. The number of amides is 1. The van der Waals surface area contributed by atoms with Gasteiger partial charge >= 0.3 is 0 Å². The van der Waals surface area contributed by atoms with E-state index in [0.29, 0.717) is 18.1 Å². The summed E-state index contributed by atoms with van der Waals surface area (Å²) < 4.78 is 5.32. The number of anilines is 1. The van der Waals surface area contributed by atoms with Crippen molar-refractivity contribution in [1.82, 2.24) is 15.5 Å². The van der Waals surface area contributed by atoms with E-state index in [0.717, 1.165) is 36.2 Å². The molecule has 6 nitrogen and oxygen atoms in total. The minimum absolute atomic E-state index is 0.161. The Labute approximate surface area is 116 Å². The molecule has 0 bridgehead atoms. The van der Waals surface area contributed by atoms with E-state index in [1.807, 2.05) is 25.1 Å². The van der Waals surface area contributed by atoms with E-state index in [4.69, 9.17) is 4.52 Å². The third-order valence-electron chi connectivity index (χ3n) is 3.51. The van der Waals surface area contributed by atoms with Crippen LogP contribution in [0.5, 0.6) is 0 Å². The Hall–Kier alpha value is -2.21. The molecule has 1 aromatic heterocycles. The van der Waals surface area contributed by atoms with Crippen molar-refractivity contribution >= 4 is 12.1 Å². The van der Waals surface area contributed by atoms with Crippen LogP contribution in [0.15, 0.2) is 22.7 Å². The van der Waals surface area contributed by atoms with Gasteiger partial charge in [-0.05, 0) is 37.9 Å². The van der Waals surface area contributed by atoms with Crippen molar-refractivity contribution in [2.45, 2.75) is 25.8 Å². The standard InChI is InChI=1S/C14H16N4O2/c1-9-4-5-10(7-12(9)16-8-19)13-17-14(20-18-13)11-3-2-6-15-11/h4-5,7-8,11,15H,2-3,6H2,1H3,(H,16,19). The molecule has 0 radical (unpaired) electrons. The molecule has 1 aromatic carbocycles. The number of rotatable bonds is 4. The minimum atomic E-state index is 0.161. The first-order valence-corrected chi connectivity index (χ1v) is 6.66. The average Bonchev–Trinajstić information content (AvgIpc) is 3.11. The summed E-state index contributed by atoms with van der Waals surface area (Å²) in [6.45, 7) is 2.92. The second kappa shape index (κ2) is 5.42. The van der Waals surface area contributed by atoms with Gasteiger partial charge in [-0.3, -0.25) is 4.79 Å². The van der Waals surface area contributed by atoms with Crippen LogP contribution >= 0.6 is 0 Å². The van der Waals surface area contributed by atoms with E-state index in [1.54, 1.807) is 0 Å². The highest BCUT2D eigenvalue weighted by molar-refractivity contribution is 5.76. The van der Waals surface area contributed by atoms with Gasteiger partial charge in [-0.2, -0.15) is 4.98 Å². The van der Waals surface area contributed by atoms with E-state index in [9.17, 15) is 4.79 Å². The molecule has 2 aromatic rings. The topological polar surface area (TPSA) is 80.1 Å². The van der Waals surface area contributed by atoms with Gasteiger partial charge in [0.1, 0.15) is 0 Å². The van der Waals surface area contributed by atoms with E-state index in [2.05, 4.69) is 20.8 Å². The van der Waals surface area contributed by atoms with Crippen LogP contribution in [0, 0.1) is 6.92 Å². The van der Waals surface area contributed by atoms with Gasteiger partial charge in [-0.15, -0.1) is 0 Å². The van der Waals surface area contributed by atoms with Crippen molar-refractivity contribution in [3.63, 3.8) is 0 Å². The lowest BCUT2D eigenvalue weighted by Crippen LogP contribution is -2.12. The van der Waals surface area contributed by atoms with Crippen LogP contribution in [0.3, 0.4) is 0 Å². The lowest BCUT2D eigenvalue weighted by atomic mass is 10.1. The molecule has 104 valence electrons. The molecule has 6 heteroatoms. The number of aryl methyl sites for hydroxylation is 1. The molecule has 1 unspecified atom stereocenters. The molecular formula is C14H16N4O2. The van der Waals surface area contributed by atoms with Gasteiger partial charge < -0.3 is 15.2 Å². The molecule has 0 saturated carbocycles. The van der Waals surface area contributed by atoms with Crippen molar-refractivity contribution in [2.24, 2.45) is 0 Å². The smallest absolute Gasteiger partial charge is 0.244 e. The first kappa shape index (κ1) is 12.8. The Bertz CT molecular complexity index is 617. The van der Waals surface area contributed by atoms with Crippen molar-refractivity contribution in [2.75, 3.05) is 11.9 Å². The molecule has 1 fully saturated rings. The maximum Gasteiger partial charge on any atom is 0.244 e. The third kappa shape index (κ3) is 2.42. The highest BCUT2D eigenvalue weighted by Crippen LogP contribution is 2.26. The normalized spacial score (nSPS) is 18.1. The summed E-state index contributed by atoms with van der Waals surface area (Å²) in [5.41, 5.74) is 2.57. The van der Waals surface area contributed by atoms with Crippen LogP contribution in [0.4, 0.5) is 5.69 Å². The average molecular weight is 272 g/mol. The summed E-state index contributed by atoms with van der Waals surface area (Å²) in [5, 5.41) is 10.0. The number of nitrogens with one attached hydrogen (secondary N) is 2. The summed E-state index contributed by atoms with van der Waals surface area (Å²) in [6.07, 6.45) is 2.81. The van der Waals surface area contributed by atoms with Gasteiger partial charge in [0.25, 0.3) is 0 Å². The zero-order valence-corrected chi connectivity index (χ0v) is 11.2. The van der Waals surface area contributed by atoms with Crippen molar-refractivity contribution in [1.29, 1.82) is 0 Å². The van der Waals surface area contributed by atoms with E-state index >= 15 is 0 Å². The van der Waals surface area contributed by atoms with Crippen LogP contribution in [0.2, 0.25) is 0 Å². The molecule has 3 rings (SSSR count). The van der Waals surface area contributed by atoms with Crippen LogP contribution in [-0.2, 0) is 4.79 Å². The lowest BCUT2D eigenvalue weighted by Gasteiger charge is -2.05. The molecule has 2 N–H and O–H groups in total. The molecule has 2 heterocycles. The van der Waals surface area contributed by atoms with E-state index < -0.39 is 0 Å². The van der Waals surface area contributed by atoms with Gasteiger partial charge in [0.2, 0.25) is 18.1 Å². The molecule has 0 spiro atoms. The lowest BCUT2D eigenvalue weighted by molar-refractivity contribution is -0.105. The predicted octanol–water partition coefficient (Wildman–Crippen LogP) is 2.04. The number of nitrogens with zero attached hydrogens (tertiary/aromatic N) is 2. The highest BCUT2D eigenvalue weighted by Gasteiger charge is 2.22. The van der Waals surface area contributed by atoms with Gasteiger partial charge in [0, 0.05) is 11.3 Å². The number of hydrogen-bond acceptors (Lipinski definition) is 5. The number of carbonyl (C=O) groups is 1. The molecule has 1 aliphatic rings. The number of benzene rings is 1. The molecular weight excluding hydrogens is 256 g/mol. The Morgan fingerprint density at radius 1 is 1.50 bits per heavy atom. The van der Waals surface area contributed by atoms with Crippen molar-refractivity contribution < 1.29 is 9.32 Å². The van der Waals surface area contributed by atoms with E-state index in [-0.39, 0.29) is 6.04 Å². The van der Waals surface area contributed by atoms with Gasteiger partial charge in [0.15, 0.2) is 0 Å². The van der Waals surface area contributed by atoms with Gasteiger partial charge in [-0.25, -0.2) is 0 Å². The summed E-state index contributed by atoms with van der Waals surface area (Å²) in [4.78, 5) is 15.0. The zero-order chi connectivity index (χ0) is 13.9. The molecule has 1 atom stereocenters. The highest BCUT2D eigenvalue weighted by atomic mass is 16.5. The summed E-state index contributed by atoms with van der Waals surface area (Å²) in [5.74, 6) is 1.17. The Morgan fingerprint density at radius 2 is 2.40 bits per heavy atom. The maximum absolute atomic E-state index is 10.6. The zero-order valence-electron chi connectivity index (χ0n) is 11.2. The second-order valence-electron chi connectivity index (χ2n) is 4.90. The fourth-order valence-electron chi connectivity index (χ4n) is 2.37. The van der Waals surface area contributed by atoms with Crippen LogP contribution in [-0.4, -0.2) is 23.1 Å². The minimum Gasteiger partial charge on any atom is -0.337 e. The quantitative estimate of drug-likeness (QED) is 0.832. The summed E-state index contributed by atoms with van der Waals surface area (Å²) in [7, 11) is 0. The van der Waals surface area contributed by atoms with Crippen molar-refractivity contribution in [3.8, 4) is 11.4 Å². The second-order valence-corrected chi connectivity index (χ2v) is 4.90. The summed E-state index contributed by atoms with van der Waals surface area (Å²) >= 11 is 0. The molecule has 20 heavy (non-hydrogen) atoms. The molecule has 1 saturated heterocycles. The number of hydrogen-bond donors (Lipinski definition) is 2. The fraction of sp³-hybridized carbons (Fsp3) is 0.357. The van der Waals surface area contributed by atoms with E-state index in [1.165, 1.54) is 0 Å². The van der Waals surface area contributed by atoms with Crippen LogP contribution in [0.25, 0.3) is 11.4 Å². The first-order valence-electron chi connectivity index (χ1n) is 6.66. The van der Waals surface area contributed by atoms with Gasteiger partial charge in [0.05, 0.1) is 6.04 Å². The number of carbonyl (C=O) groups excluding carboxylic acids is 1. The Balaban J connectivity index is 1.88. The Kier molecular flexibility index (Phi) is 3.47. The molecule has 1 aliphatic heterocycles. The largest absolute Gasteiger partial charge is 0.337 e. The molecule has 0 aliphatic carbocycles. The maximum atomic E-state index is 10.6. The first-order chi connectivity index (χ1) is 9.78.